The van der Waals surface area contributed by atoms with Gasteiger partial charge in [-0.15, -0.1) is 12.4 Å². The zero-order chi connectivity index (χ0) is 9.54. The molecule has 0 N–H and O–H groups in total. The molecule has 0 atom stereocenters. The molecule has 3 rings (SSSR count). The lowest BCUT2D eigenvalue weighted by molar-refractivity contribution is 0.626. The SMILES string of the molecule is Cl.Fc1ccc2c(c1)Cc1ccnnc1-2. The van der Waals surface area contributed by atoms with E-state index in [2.05, 4.69) is 10.2 Å². The highest BCUT2D eigenvalue weighted by Gasteiger charge is 2.19. The second kappa shape index (κ2) is 3.59. The minimum Gasteiger partial charge on any atom is -0.207 e. The van der Waals surface area contributed by atoms with E-state index in [4.69, 9.17) is 0 Å². The van der Waals surface area contributed by atoms with Gasteiger partial charge in [0, 0.05) is 18.2 Å². The number of hydrogen-bond acceptors (Lipinski definition) is 2. The predicted molar refractivity (Wildman–Crippen MR) is 57.5 cm³/mol. The molecule has 0 saturated carbocycles. The quantitative estimate of drug-likeness (QED) is 0.584. The third-order valence-corrected chi connectivity index (χ3v) is 2.51. The summed E-state index contributed by atoms with van der Waals surface area (Å²) in [5.74, 6) is -0.190. The van der Waals surface area contributed by atoms with Crippen LogP contribution in [-0.2, 0) is 6.42 Å². The van der Waals surface area contributed by atoms with Crippen molar-refractivity contribution in [2.45, 2.75) is 6.42 Å². The first-order valence-electron chi connectivity index (χ1n) is 4.44. The fourth-order valence-corrected chi connectivity index (χ4v) is 1.87. The Morgan fingerprint density at radius 2 is 2.00 bits per heavy atom. The standard InChI is InChI=1S/C11H7FN2.ClH/c12-9-1-2-10-8(6-9)5-7-3-4-13-14-11(7)10;/h1-4,6H,5H2;1H. The summed E-state index contributed by atoms with van der Waals surface area (Å²) in [6.07, 6.45) is 2.43. The summed E-state index contributed by atoms with van der Waals surface area (Å²) in [4.78, 5) is 0. The van der Waals surface area contributed by atoms with Gasteiger partial charge in [-0.25, -0.2) is 4.39 Å². The zero-order valence-electron chi connectivity index (χ0n) is 7.77. The molecule has 2 nitrogen and oxygen atoms in total. The molecule has 0 saturated heterocycles. The van der Waals surface area contributed by atoms with E-state index < -0.39 is 0 Å². The van der Waals surface area contributed by atoms with Gasteiger partial charge in [0.15, 0.2) is 0 Å². The van der Waals surface area contributed by atoms with Gasteiger partial charge in [-0.3, -0.25) is 0 Å². The zero-order valence-corrected chi connectivity index (χ0v) is 8.59. The molecule has 1 aromatic heterocycles. The van der Waals surface area contributed by atoms with Crippen LogP contribution in [0.1, 0.15) is 11.1 Å². The van der Waals surface area contributed by atoms with Gasteiger partial charge >= 0.3 is 0 Å². The van der Waals surface area contributed by atoms with Gasteiger partial charge < -0.3 is 0 Å². The lowest BCUT2D eigenvalue weighted by Gasteiger charge is -1.97. The Labute approximate surface area is 92.6 Å². The maximum absolute atomic E-state index is 12.9. The smallest absolute Gasteiger partial charge is 0.123 e. The number of nitrogens with zero attached hydrogens (tertiary/aromatic N) is 2. The maximum Gasteiger partial charge on any atom is 0.123 e. The highest BCUT2D eigenvalue weighted by atomic mass is 35.5. The average Bonchev–Trinajstić information content (AvgIpc) is 2.54. The summed E-state index contributed by atoms with van der Waals surface area (Å²) in [6.45, 7) is 0. The second-order valence-electron chi connectivity index (χ2n) is 3.38. The van der Waals surface area contributed by atoms with Crippen LogP contribution in [0, 0.1) is 5.82 Å². The van der Waals surface area contributed by atoms with Gasteiger partial charge in [-0.1, -0.05) is 0 Å². The Morgan fingerprint density at radius 1 is 1.13 bits per heavy atom. The highest BCUT2D eigenvalue weighted by Crippen LogP contribution is 2.34. The van der Waals surface area contributed by atoms with Crippen molar-refractivity contribution in [2.75, 3.05) is 0 Å². The van der Waals surface area contributed by atoms with Crippen LogP contribution >= 0.6 is 12.4 Å². The number of hydrogen-bond donors (Lipinski definition) is 0. The third-order valence-electron chi connectivity index (χ3n) is 2.51. The molecule has 0 amide bonds. The number of fused-ring (bicyclic) bond motifs is 3. The first-order valence-corrected chi connectivity index (χ1v) is 4.44. The molecule has 0 radical (unpaired) electrons. The fourth-order valence-electron chi connectivity index (χ4n) is 1.87. The number of benzene rings is 1. The van der Waals surface area contributed by atoms with Crippen molar-refractivity contribution in [3.63, 3.8) is 0 Å². The van der Waals surface area contributed by atoms with E-state index in [1.54, 1.807) is 18.3 Å². The summed E-state index contributed by atoms with van der Waals surface area (Å²) < 4.78 is 12.9. The van der Waals surface area contributed by atoms with Crippen LogP contribution in [0.15, 0.2) is 30.5 Å². The highest BCUT2D eigenvalue weighted by molar-refractivity contribution is 5.85. The molecule has 0 fully saturated rings. The summed E-state index contributed by atoms with van der Waals surface area (Å²) >= 11 is 0. The molecule has 1 aliphatic carbocycles. The molecule has 4 heteroatoms. The Morgan fingerprint density at radius 3 is 2.87 bits per heavy atom. The van der Waals surface area contributed by atoms with Crippen LogP contribution in [0.4, 0.5) is 4.39 Å². The van der Waals surface area contributed by atoms with Crippen LogP contribution in [0.2, 0.25) is 0 Å². The van der Waals surface area contributed by atoms with Crippen molar-refractivity contribution in [2.24, 2.45) is 0 Å². The van der Waals surface area contributed by atoms with E-state index in [1.165, 1.54) is 6.07 Å². The maximum atomic E-state index is 12.9. The van der Waals surface area contributed by atoms with Gasteiger partial charge in [0.25, 0.3) is 0 Å². The van der Waals surface area contributed by atoms with Gasteiger partial charge in [-0.2, -0.15) is 10.2 Å². The molecule has 76 valence electrons. The van der Waals surface area contributed by atoms with Crippen LogP contribution in [0.3, 0.4) is 0 Å². The molecular weight excluding hydrogens is 215 g/mol. The molecule has 15 heavy (non-hydrogen) atoms. The van der Waals surface area contributed by atoms with Crippen LogP contribution in [0.5, 0.6) is 0 Å². The Hall–Kier alpha value is -1.48. The van der Waals surface area contributed by atoms with Crippen LogP contribution in [0.25, 0.3) is 11.3 Å². The summed E-state index contributed by atoms with van der Waals surface area (Å²) in [5, 5.41) is 7.89. The largest absolute Gasteiger partial charge is 0.207 e. The molecule has 1 heterocycles. The van der Waals surface area contributed by atoms with E-state index in [1.807, 2.05) is 6.07 Å². The fraction of sp³-hybridized carbons (Fsp3) is 0.0909. The van der Waals surface area contributed by atoms with E-state index in [0.29, 0.717) is 0 Å². The van der Waals surface area contributed by atoms with Crippen molar-refractivity contribution >= 4 is 12.4 Å². The second-order valence-corrected chi connectivity index (χ2v) is 3.38. The molecule has 1 aromatic carbocycles. The summed E-state index contributed by atoms with van der Waals surface area (Å²) in [7, 11) is 0. The Balaban J connectivity index is 0.000000853. The van der Waals surface area contributed by atoms with E-state index in [-0.39, 0.29) is 18.2 Å². The normalized spacial score (nSPS) is 11.5. The first kappa shape index (κ1) is 10.1. The molecule has 0 unspecified atom stereocenters. The Kier molecular flexibility index (Phi) is 2.40. The third kappa shape index (κ3) is 1.49. The van der Waals surface area contributed by atoms with Crippen molar-refractivity contribution in [3.05, 3.63) is 47.4 Å². The molecule has 1 aliphatic rings. The van der Waals surface area contributed by atoms with Crippen molar-refractivity contribution in [3.8, 4) is 11.3 Å². The summed E-state index contributed by atoms with van der Waals surface area (Å²) in [5.41, 5.74) is 4.03. The Bertz CT molecular complexity index is 514. The van der Waals surface area contributed by atoms with Crippen LogP contribution < -0.4 is 0 Å². The number of halogens is 2. The number of rotatable bonds is 0. The van der Waals surface area contributed by atoms with Crippen molar-refractivity contribution in [1.82, 2.24) is 10.2 Å². The van der Waals surface area contributed by atoms with E-state index in [0.717, 1.165) is 28.8 Å². The minimum absolute atomic E-state index is 0. The van der Waals surface area contributed by atoms with Gasteiger partial charge in [0.05, 0.1) is 5.69 Å². The monoisotopic (exact) mass is 222 g/mol. The first-order chi connectivity index (χ1) is 6.84. The molecule has 0 spiro atoms. The average molecular weight is 223 g/mol. The molecule has 0 bridgehead atoms. The molecular formula is C11H8ClFN2. The summed E-state index contributed by atoms with van der Waals surface area (Å²) in [6, 6.07) is 6.73. The van der Waals surface area contributed by atoms with Crippen LogP contribution in [-0.4, -0.2) is 10.2 Å². The molecule has 2 aromatic rings. The lowest BCUT2D eigenvalue weighted by Crippen LogP contribution is -1.86. The topological polar surface area (TPSA) is 25.8 Å². The van der Waals surface area contributed by atoms with Gasteiger partial charge in [0.1, 0.15) is 5.82 Å². The van der Waals surface area contributed by atoms with E-state index in [9.17, 15) is 4.39 Å². The van der Waals surface area contributed by atoms with E-state index >= 15 is 0 Å². The van der Waals surface area contributed by atoms with Crippen molar-refractivity contribution < 1.29 is 4.39 Å². The van der Waals surface area contributed by atoms with Gasteiger partial charge in [0.2, 0.25) is 0 Å². The predicted octanol–water partition coefficient (Wildman–Crippen LogP) is 2.61. The van der Waals surface area contributed by atoms with Gasteiger partial charge in [-0.05, 0) is 35.4 Å². The number of aromatic nitrogens is 2. The molecule has 0 aliphatic heterocycles. The lowest BCUT2D eigenvalue weighted by atomic mass is 10.1. The minimum atomic E-state index is -0.190. The van der Waals surface area contributed by atoms with Crippen molar-refractivity contribution in [1.29, 1.82) is 0 Å².